The number of hydrogen-bond donors (Lipinski definition) is 7. The molecule has 12 heteroatoms. The number of rotatable bonds is 11. The third-order valence-electron chi connectivity index (χ3n) is 4.46. The van der Waals surface area contributed by atoms with Crippen LogP contribution in [0.1, 0.15) is 38.5 Å². The molecule has 1 rings (SSSR count). The lowest BCUT2D eigenvalue weighted by Crippen LogP contribution is -2.54. The standard InChI is InChI=1S/C16H29N7O5/c17-9(3-1-7-21-16(19)20)14(26)23-8-2-4-11(23)13(25)22-10(15(27)28)5-6-12(18)24/h9-11H,1-8,17H2,(H2,18,24)(H,22,25)(H,27,28)(H4,19,20,21)/t9-,10-,11-/m0/s1. The van der Waals surface area contributed by atoms with Gasteiger partial charge in [-0.1, -0.05) is 0 Å². The van der Waals surface area contributed by atoms with Crippen LogP contribution < -0.4 is 27.8 Å². The molecule has 0 unspecified atom stereocenters. The predicted molar refractivity (Wildman–Crippen MR) is 99.9 cm³/mol. The number of amides is 3. The van der Waals surface area contributed by atoms with Crippen molar-refractivity contribution in [3.63, 3.8) is 0 Å². The minimum absolute atomic E-state index is 0.125. The molecule has 28 heavy (non-hydrogen) atoms. The van der Waals surface area contributed by atoms with E-state index in [1.165, 1.54) is 4.90 Å². The lowest BCUT2D eigenvalue weighted by Gasteiger charge is -2.27. The zero-order chi connectivity index (χ0) is 21.3. The van der Waals surface area contributed by atoms with Crippen molar-refractivity contribution in [2.24, 2.45) is 17.2 Å². The molecule has 1 heterocycles. The van der Waals surface area contributed by atoms with Crippen LogP contribution in [0.5, 0.6) is 0 Å². The molecule has 0 aromatic carbocycles. The summed E-state index contributed by atoms with van der Waals surface area (Å²) in [7, 11) is 0. The van der Waals surface area contributed by atoms with Crippen LogP contribution in [0.3, 0.4) is 0 Å². The third-order valence-corrected chi connectivity index (χ3v) is 4.46. The van der Waals surface area contributed by atoms with E-state index in [2.05, 4.69) is 10.6 Å². The average molecular weight is 399 g/mol. The van der Waals surface area contributed by atoms with E-state index in [0.717, 1.165) is 0 Å². The van der Waals surface area contributed by atoms with Gasteiger partial charge in [0.15, 0.2) is 5.96 Å². The minimum atomic E-state index is -1.28. The van der Waals surface area contributed by atoms with E-state index in [1.54, 1.807) is 0 Å². The predicted octanol–water partition coefficient (Wildman–Crippen LogP) is -2.60. The second-order valence-corrected chi connectivity index (χ2v) is 6.68. The summed E-state index contributed by atoms with van der Waals surface area (Å²) in [6.45, 7) is 0.760. The van der Waals surface area contributed by atoms with Gasteiger partial charge < -0.3 is 37.8 Å². The number of likely N-dealkylation sites (tertiary alicyclic amines) is 1. The number of carboxylic acid groups (broad SMARTS) is 1. The van der Waals surface area contributed by atoms with Gasteiger partial charge in [0.25, 0.3) is 0 Å². The Balaban J connectivity index is 2.62. The first-order valence-electron chi connectivity index (χ1n) is 9.09. The van der Waals surface area contributed by atoms with Crippen molar-refractivity contribution < 1.29 is 24.3 Å². The van der Waals surface area contributed by atoms with E-state index in [4.69, 9.17) is 22.6 Å². The fourth-order valence-corrected chi connectivity index (χ4v) is 3.00. The van der Waals surface area contributed by atoms with E-state index in [0.29, 0.717) is 38.8 Å². The zero-order valence-electron chi connectivity index (χ0n) is 15.6. The molecule has 3 atom stereocenters. The Kier molecular flexibility index (Phi) is 9.15. The van der Waals surface area contributed by atoms with Crippen molar-refractivity contribution in [1.29, 1.82) is 5.41 Å². The van der Waals surface area contributed by atoms with Crippen molar-refractivity contribution in [2.75, 3.05) is 13.1 Å². The first kappa shape index (κ1) is 23.1. The number of hydrogen-bond acceptors (Lipinski definition) is 6. The van der Waals surface area contributed by atoms with Crippen molar-refractivity contribution >= 4 is 29.7 Å². The number of nitrogens with zero attached hydrogens (tertiary/aromatic N) is 1. The summed E-state index contributed by atoms with van der Waals surface area (Å²) in [4.78, 5) is 48.6. The van der Waals surface area contributed by atoms with E-state index >= 15 is 0 Å². The molecule has 0 aromatic rings. The summed E-state index contributed by atoms with van der Waals surface area (Å²) in [5, 5.41) is 21.3. The highest BCUT2D eigenvalue weighted by Crippen LogP contribution is 2.19. The van der Waals surface area contributed by atoms with Gasteiger partial charge in [-0.05, 0) is 32.1 Å². The van der Waals surface area contributed by atoms with Crippen molar-refractivity contribution in [3.05, 3.63) is 0 Å². The Morgan fingerprint density at radius 2 is 1.89 bits per heavy atom. The SMILES string of the molecule is N=C(N)NCCC[C@H](N)C(=O)N1CCC[C@H]1C(=O)N[C@@H](CCC(N)=O)C(=O)O. The summed E-state index contributed by atoms with van der Waals surface area (Å²) in [5.74, 6) is -3.08. The molecule has 0 radical (unpaired) electrons. The second-order valence-electron chi connectivity index (χ2n) is 6.68. The van der Waals surface area contributed by atoms with Crippen molar-refractivity contribution in [1.82, 2.24) is 15.5 Å². The van der Waals surface area contributed by atoms with E-state index in [9.17, 15) is 24.3 Å². The van der Waals surface area contributed by atoms with Gasteiger partial charge in [-0.15, -0.1) is 0 Å². The van der Waals surface area contributed by atoms with Gasteiger partial charge in [0.05, 0.1) is 6.04 Å². The van der Waals surface area contributed by atoms with Crippen LogP contribution in [0.25, 0.3) is 0 Å². The fourth-order valence-electron chi connectivity index (χ4n) is 3.00. The molecule has 0 saturated carbocycles. The maximum atomic E-state index is 12.6. The number of carbonyl (C=O) groups excluding carboxylic acids is 3. The monoisotopic (exact) mass is 399 g/mol. The summed E-state index contributed by atoms with van der Waals surface area (Å²) in [5.41, 5.74) is 16.1. The Morgan fingerprint density at radius 3 is 2.46 bits per heavy atom. The normalized spacial score (nSPS) is 18.2. The molecule has 1 saturated heterocycles. The number of primary amides is 1. The van der Waals surface area contributed by atoms with E-state index < -0.39 is 35.9 Å². The summed E-state index contributed by atoms with van der Waals surface area (Å²) in [6, 6.07) is -2.87. The molecule has 1 aliphatic rings. The Labute approximate surface area is 162 Å². The average Bonchev–Trinajstić information content (AvgIpc) is 3.10. The minimum Gasteiger partial charge on any atom is -0.480 e. The smallest absolute Gasteiger partial charge is 0.326 e. The molecule has 1 fully saturated rings. The molecule has 12 nitrogen and oxygen atoms in total. The van der Waals surface area contributed by atoms with Crippen molar-refractivity contribution in [3.8, 4) is 0 Å². The number of carbonyl (C=O) groups is 4. The Morgan fingerprint density at radius 1 is 1.21 bits per heavy atom. The van der Waals surface area contributed by atoms with Crippen LogP contribution in [-0.4, -0.2) is 70.9 Å². The number of aliphatic carboxylic acids is 1. The first-order valence-corrected chi connectivity index (χ1v) is 9.09. The zero-order valence-corrected chi connectivity index (χ0v) is 15.6. The highest BCUT2D eigenvalue weighted by Gasteiger charge is 2.37. The highest BCUT2D eigenvalue weighted by molar-refractivity contribution is 5.92. The topological polar surface area (TPSA) is 218 Å². The van der Waals surface area contributed by atoms with Gasteiger partial charge in [-0.2, -0.15) is 0 Å². The molecule has 10 N–H and O–H groups in total. The van der Waals surface area contributed by atoms with Gasteiger partial charge in [-0.25, -0.2) is 4.79 Å². The molecule has 0 aromatic heterocycles. The number of nitrogens with one attached hydrogen (secondary N) is 3. The molecule has 158 valence electrons. The molecule has 3 amide bonds. The quantitative estimate of drug-likeness (QED) is 0.111. The molecule has 0 bridgehead atoms. The van der Waals surface area contributed by atoms with Crippen LogP contribution in [0, 0.1) is 5.41 Å². The summed E-state index contributed by atoms with van der Waals surface area (Å²) in [6.07, 6.45) is 1.56. The largest absolute Gasteiger partial charge is 0.480 e. The van der Waals surface area contributed by atoms with Gasteiger partial charge in [0, 0.05) is 19.5 Å². The lowest BCUT2D eigenvalue weighted by atomic mass is 10.1. The first-order chi connectivity index (χ1) is 13.1. The Hall–Kier alpha value is -2.89. The van der Waals surface area contributed by atoms with Crippen molar-refractivity contribution in [2.45, 2.75) is 56.7 Å². The molecule has 0 spiro atoms. The molecule has 1 aliphatic heterocycles. The number of nitrogens with two attached hydrogens (primary N) is 3. The van der Waals surface area contributed by atoms with E-state index in [-0.39, 0.29) is 24.7 Å². The summed E-state index contributed by atoms with van der Waals surface area (Å²) < 4.78 is 0. The fraction of sp³-hybridized carbons (Fsp3) is 0.688. The van der Waals surface area contributed by atoms with Crippen LogP contribution in [0.2, 0.25) is 0 Å². The molecular formula is C16H29N7O5. The molecule has 0 aliphatic carbocycles. The third kappa shape index (κ3) is 7.39. The van der Waals surface area contributed by atoms with Crippen LogP contribution in [0.4, 0.5) is 0 Å². The second kappa shape index (κ2) is 11.1. The maximum absolute atomic E-state index is 12.6. The maximum Gasteiger partial charge on any atom is 0.326 e. The highest BCUT2D eigenvalue weighted by atomic mass is 16.4. The number of guanidine groups is 1. The van der Waals surface area contributed by atoms with E-state index in [1.807, 2.05) is 0 Å². The van der Waals surface area contributed by atoms with Gasteiger partial charge >= 0.3 is 5.97 Å². The van der Waals surface area contributed by atoms with Crippen LogP contribution >= 0.6 is 0 Å². The van der Waals surface area contributed by atoms with Gasteiger partial charge in [0.1, 0.15) is 12.1 Å². The summed E-state index contributed by atoms with van der Waals surface area (Å²) >= 11 is 0. The van der Waals surface area contributed by atoms with Gasteiger partial charge in [0.2, 0.25) is 17.7 Å². The lowest BCUT2D eigenvalue weighted by molar-refractivity contribution is -0.144. The van der Waals surface area contributed by atoms with Crippen LogP contribution in [0.15, 0.2) is 0 Å². The van der Waals surface area contributed by atoms with Crippen LogP contribution in [-0.2, 0) is 19.2 Å². The number of carboxylic acids is 1. The Bertz CT molecular complexity index is 612. The van der Waals surface area contributed by atoms with Gasteiger partial charge in [-0.3, -0.25) is 19.8 Å². The molecular weight excluding hydrogens is 370 g/mol.